The summed E-state index contributed by atoms with van der Waals surface area (Å²) >= 11 is 12.1. The normalized spacial score (nSPS) is 10.7. The van der Waals surface area contributed by atoms with Gasteiger partial charge in [-0.1, -0.05) is 41.4 Å². The van der Waals surface area contributed by atoms with E-state index in [2.05, 4.69) is 10.4 Å². The second-order valence-electron chi connectivity index (χ2n) is 7.86. The van der Waals surface area contributed by atoms with Crippen LogP contribution in [0.25, 0.3) is 0 Å². The molecule has 0 aliphatic rings. The Hall–Kier alpha value is -4.08. The SMILES string of the molecule is Cc1ccc(C)c(Oc2cc(NC(=O)c3ccn(COc4cccc(Cl)c4Cl)n3)cc([N+](=O)[O-])c2)c1. The molecule has 9 nitrogen and oxygen atoms in total. The van der Waals surface area contributed by atoms with Crippen LogP contribution < -0.4 is 14.8 Å². The number of nitro groups is 1. The third kappa shape index (κ3) is 5.94. The molecule has 184 valence electrons. The Bertz CT molecular complexity index is 1450. The van der Waals surface area contributed by atoms with Gasteiger partial charge in [0.2, 0.25) is 0 Å². The average molecular weight is 527 g/mol. The predicted molar refractivity (Wildman–Crippen MR) is 136 cm³/mol. The van der Waals surface area contributed by atoms with Crippen LogP contribution in [-0.4, -0.2) is 20.6 Å². The minimum absolute atomic E-state index is 0.0159. The summed E-state index contributed by atoms with van der Waals surface area (Å²) in [4.78, 5) is 23.7. The zero-order valence-electron chi connectivity index (χ0n) is 19.2. The molecule has 0 fully saturated rings. The summed E-state index contributed by atoms with van der Waals surface area (Å²) in [6, 6.07) is 16.2. The first-order valence-corrected chi connectivity index (χ1v) is 11.4. The largest absolute Gasteiger partial charge is 0.470 e. The highest BCUT2D eigenvalue weighted by molar-refractivity contribution is 6.42. The fourth-order valence-corrected chi connectivity index (χ4v) is 3.59. The fraction of sp³-hybridized carbons (Fsp3) is 0.120. The number of non-ortho nitro benzene ring substituents is 1. The molecule has 0 unspecified atom stereocenters. The van der Waals surface area contributed by atoms with E-state index >= 15 is 0 Å². The minimum atomic E-state index is -0.562. The number of nitrogens with one attached hydrogen (secondary N) is 1. The van der Waals surface area contributed by atoms with Crippen molar-refractivity contribution >= 4 is 40.5 Å². The molecule has 11 heteroatoms. The van der Waals surface area contributed by atoms with E-state index in [1.54, 1.807) is 24.4 Å². The third-order valence-electron chi connectivity index (χ3n) is 5.07. The summed E-state index contributed by atoms with van der Waals surface area (Å²) in [5.41, 5.74) is 1.88. The van der Waals surface area contributed by atoms with Gasteiger partial charge in [-0.05, 0) is 49.2 Å². The maximum atomic E-state index is 12.8. The fourth-order valence-electron chi connectivity index (χ4n) is 3.25. The average Bonchev–Trinajstić information content (AvgIpc) is 3.31. The minimum Gasteiger partial charge on any atom is -0.470 e. The first-order valence-electron chi connectivity index (χ1n) is 10.7. The van der Waals surface area contributed by atoms with Gasteiger partial charge in [0.25, 0.3) is 11.6 Å². The van der Waals surface area contributed by atoms with Crippen LogP contribution in [0.2, 0.25) is 10.0 Å². The lowest BCUT2D eigenvalue weighted by molar-refractivity contribution is -0.384. The first-order chi connectivity index (χ1) is 17.2. The number of carbonyl (C=O) groups excluding carboxylic acids is 1. The number of amides is 1. The highest BCUT2D eigenvalue weighted by Crippen LogP contribution is 2.33. The second kappa shape index (κ2) is 10.7. The molecule has 0 aliphatic heterocycles. The summed E-state index contributed by atoms with van der Waals surface area (Å²) in [5.74, 6) is 0.586. The van der Waals surface area contributed by atoms with Gasteiger partial charge in [-0.2, -0.15) is 5.10 Å². The van der Waals surface area contributed by atoms with E-state index in [-0.39, 0.29) is 34.6 Å². The number of hydrogen-bond acceptors (Lipinski definition) is 6. The van der Waals surface area contributed by atoms with Crippen LogP contribution in [-0.2, 0) is 6.73 Å². The lowest BCUT2D eigenvalue weighted by Gasteiger charge is -2.11. The van der Waals surface area contributed by atoms with E-state index in [4.69, 9.17) is 32.7 Å². The van der Waals surface area contributed by atoms with Crippen molar-refractivity contribution in [1.82, 2.24) is 9.78 Å². The highest BCUT2D eigenvalue weighted by atomic mass is 35.5. The molecule has 1 aromatic heterocycles. The Morgan fingerprint density at radius 1 is 1.08 bits per heavy atom. The maximum Gasteiger partial charge on any atom is 0.276 e. The number of aryl methyl sites for hydroxylation is 2. The molecule has 1 N–H and O–H groups in total. The monoisotopic (exact) mass is 526 g/mol. The number of rotatable bonds is 8. The molecule has 1 amide bonds. The van der Waals surface area contributed by atoms with Crippen molar-refractivity contribution in [1.29, 1.82) is 0 Å². The van der Waals surface area contributed by atoms with Crippen molar-refractivity contribution in [3.8, 4) is 17.2 Å². The van der Waals surface area contributed by atoms with Gasteiger partial charge in [0.05, 0.1) is 21.7 Å². The van der Waals surface area contributed by atoms with Crippen LogP contribution in [0.5, 0.6) is 17.2 Å². The van der Waals surface area contributed by atoms with E-state index < -0.39 is 10.8 Å². The zero-order valence-corrected chi connectivity index (χ0v) is 20.7. The molecular weight excluding hydrogens is 507 g/mol. The van der Waals surface area contributed by atoms with E-state index in [1.807, 2.05) is 32.0 Å². The predicted octanol–water partition coefficient (Wildman–Crippen LogP) is 6.80. The van der Waals surface area contributed by atoms with Gasteiger partial charge in [0.1, 0.15) is 22.3 Å². The Morgan fingerprint density at radius 2 is 1.89 bits per heavy atom. The van der Waals surface area contributed by atoms with Crippen molar-refractivity contribution < 1.29 is 19.2 Å². The number of benzene rings is 3. The van der Waals surface area contributed by atoms with Crippen LogP contribution in [0.4, 0.5) is 11.4 Å². The number of ether oxygens (including phenoxy) is 2. The molecule has 0 saturated heterocycles. The number of nitrogens with zero attached hydrogens (tertiary/aromatic N) is 3. The van der Waals surface area contributed by atoms with Gasteiger partial charge in [-0.15, -0.1) is 0 Å². The first kappa shape index (κ1) is 25.0. The summed E-state index contributed by atoms with van der Waals surface area (Å²) in [6.45, 7) is 3.77. The molecule has 0 saturated carbocycles. The van der Waals surface area contributed by atoms with Crippen LogP contribution in [0.15, 0.2) is 66.9 Å². The molecule has 4 aromatic rings. The summed E-state index contributed by atoms with van der Waals surface area (Å²) in [7, 11) is 0. The molecule has 0 radical (unpaired) electrons. The Kier molecular flexibility index (Phi) is 7.42. The quantitative estimate of drug-likeness (QED) is 0.200. The third-order valence-corrected chi connectivity index (χ3v) is 5.87. The Morgan fingerprint density at radius 3 is 2.67 bits per heavy atom. The molecule has 0 atom stereocenters. The van der Waals surface area contributed by atoms with E-state index in [0.717, 1.165) is 11.1 Å². The van der Waals surface area contributed by atoms with Crippen LogP contribution in [0.1, 0.15) is 21.6 Å². The Labute approximate surface area is 216 Å². The molecule has 36 heavy (non-hydrogen) atoms. The van der Waals surface area contributed by atoms with E-state index in [9.17, 15) is 14.9 Å². The zero-order chi connectivity index (χ0) is 25.8. The van der Waals surface area contributed by atoms with Crippen LogP contribution >= 0.6 is 23.2 Å². The Balaban J connectivity index is 1.49. The summed E-state index contributed by atoms with van der Waals surface area (Å²) in [6.07, 6.45) is 1.55. The number of nitro benzene ring substituents is 1. The molecular formula is C25H20Cl2N4O5. The van der Waals surface area contributed by atoms with Crippen molar-refractivity contribution in [3.05, 3.63) is 104 Å². The second-order valence-corrected chi connectivity index (χ2v) is 8.65. The number of halogens is 2. The van der Waals surface area contributed by atoms with Gasteiger partial charge >= 0.3 is 0 Å². The lowest BCUT2D eigenvalue weighted by Crippen LogP contribution is -2.14. The topological polar surface area (TPSA) is 109 Å². The number of aromatic nitrogens is 2. The van der Waals surface area contributed by atoms with Gasteiger partial charge in [-0.3, -0.25) is 14.9 Å². The van der Waals surface area contributed by atoms with Gasteiger partial charge in [0, 0.05) is 18.3 Å². The maximum absolute atomic E-state index is 12.8. The van der Waals surface area contributed by atoms with E-state index in [1.165, 1.54) is 28.9 Å². The van der Waals surface area contributed by atoms with Crippen molar-refractivity contribution in [2.24, 2.45) is 0 Å². The lowest BCUT2D eigenvalue weighted by atomic mass is 10.1. The van der Waals surface area contributed by atoms with Crippen LogP contribution in [0, 0.1) is 24.0 Å². The standard InChI is InChI=1S/C25H20Cl2N4O5/c1-15-6-7-16(2)23(10-15)36-19-12-17(11-18(13-19)31(33)34)28-25(32)21-8-9-30(29-21)14-35-22-5-3-4-20(26)24(22)27/h3-13H,14H2,1-2H3,(H,28,32). The van der Waals surface area contributed by atoms with Gasteiger partial charge in [0.15, 0.2) is 12.4 Å². The molecule has 0 spiro atoms. The molecule has 4 rings (SSSR count). The smallest absolute Gasteiger partial charge is 0.276 e. The summed E-state index contributed by atoms with van der Waals surface area (Å²) < 4.78 is 12.9. The number of carbonyl (C=O) groups is 1. The molecule has 0 bridgehead atoms. The highest BCUT2D eigenvalue weighted by Gasteiger charge is 2.16. The molecule has 1 heterocycles. The van der Waals surface area contributed by atoms with Crippen molar-refractivity contribution in [2.75, 3.05) is 5.32 Å². The van der Waals surface area contributed by atoms with Crippen molar-refractivity contribution in [2.45, 2.75) is 20.6 Å². The summed E-state index contributed by atoms with van der Waals surface area (Å²) in [5, 5.41) is 18.9. The van der Waals surface area contributed by atoms with Gasteiger partial charge in [-0.25, -0.2) is 4.68 Å². The number of hydrogen-bond donors (Lipinski definition) is 1. The van der Waals surface area contributed by atoms with Crippen molar-refractivity contribution in [3.63, 3.8) is 0 Å². The van der Waals surface area contributed by atoms with Gasteiger partial charge < -0.3 is 14.8 Å². The number of anilines is 1. The van der Waals surface area contributed by atoms with E-state index in [0.29, 0.717) is 16.5 Å². The molecule has 3 aromatic carbocycles. The van der Waals surface area contributed by atoms with Crippen LogP contribution in [0.3, 0.4) is 0 Å². The molecule has 0 aliphatic carbocycles.